The molecule has 2 heterocycles. The molecule has 0 aliphatic carbocycles. The summed E-state index contributed by atoms with van der Waals surface area (Å²) in [4.78, 5) is 14.9. The molecule has 142 valence electrons. The van der Waals surface area contributed by atoms with E-state index in [4.69, 9.17) is 9.47 Å². The number of ether oxygens (including phenoxy) is 2. The molecular weight excluding hydrogens is 352 g/mol. The van der Waals surface area contributed by atoms with Crippen LogP contribution < -0.4 is 0 Å². The van der Waals surface area contributed by atoms with Crippen LogP contribution in [0.4, 0.5) is 8.78 Å². The smallest absolute Gasteiger partial charge is 0.193 e. The van der Waals surface area contributed by atoms with Crippen molar-refractivity contribution in [1.29, 1.82) is 0 Å². The topological polar surface area (TPSA) is 38.8 Å². The quantitative estimate of drug-likeness (QED) is 0.769. The molecule has 0 amide bonds. The Kier molecular flexibility index (Phi) is 5.04. The molecule has 0 N–H and O–H groups in total. The first kappa shape index (κ1) is 18.2. The van der Waals surface area contributed by atoms with Crippen molar-refractivity contribution in [3.05, 3.63) is 70.8 Å². The normalized spacial score (nSPS) is 19.5. The molecule has 4 nitrogen and oxygen atoms in total. The number of ketones is 1. The average Bonchev–Trinajstić information content (AvgIpc) is 3.14. The standard InChI is InChI=1S/C21H21F2NO3/c22-18-5-4-17(13-19(18)23)20(25)16-3-1-2-15(12-16)14-24-8-6-21(7-9-24)26-10-11-27-21/h1-5,12-13H,6-11,14H2. The van der Waals surface area contributed by atoms with Gasteiger partial charge in [0.15, 0.2) is 23.2 Å². The third-order valence-electron chi connectivity index (χ3n) is 5.21. The highest BCUT2D eigenvalue weighted by Crippen LogP contribution is 2.31. The molecular formula is C21H21F2NO3. The Hall–Kier alpha value is -2.15. The molecule has 2 aliphatic heterocycles. The van der Waals surface area contributed by atoms with Crippen LogP contribution in [0.15, 0.2) is 42.5 Å². The predicted molar refractivity (Wildman–Crippen MR) is 95.4 cm³/mol. The Balaban J connectivity index is 1.43. The van der Waals surface area contributed by atoms with E-state index >= 15 is 0 Å². The van der Waals surface area contributed by atoms with Crippen molar-refractivity contribution >= 4 is 5.78 Å². The fourth-order valence-electron chi connectivity index (χ4n) is 3.71. The summed E-state index contributed by atoms with van der Waals surface area (Å²) in [6, 6.07) is 10.5. The lowest BCUT2D eigenvalue weighted by Gasteiger charge is -2.37. The van der Waals surface area contributed by atoms with Crippen molar-refractivity contribution in [2.24, 2.45) is 0 Å². The van der Waals surface area contributed by atoms with Crippen molar-refractivity contribution in [2.75, 3.05) is 26.3 Å². The highest BCUT2D eigenvalue weighted by molar-refractivity contribution is 6.09. The van der Waals surface area contributed by atoms with E-state index < -0.39 is 17.4 Å². The van der Waals surface area contributed by atoms with Gasteiger partial charge < -0.3 is 9.47 Å². The molecule has 2 aromatic rings. The van der Waals surface area contributed by atoms with E-state index in [2.05, 4.69) is 4.90 Å². The first-order valence-electron chi connectivity index (χ1n) is 9.14. The summed E-state index contributed by atoms with van der Waals surface area (Å²) in [5.74, 6) is -2.70. The molecule has 2 aliphatic rings. The van der Waals surface area contributed by atoms with E-state index in [1.54, 1.807) is 6.07 Å². The Morgan fingerprint density at radius 1 is 0.963 bits per heavy atom. The molecule has 2 aromatic carbocycles. The molecule has 2 saturated heterocycles. The maximum Gasteiger partial charge on any atom is 0.193 e. The number of carbonyl (C=O) groups is 1. The average molecular weight is 373 g/mol. The Bertz CT molecular complexity index is 839. The van der Waals surface area contributed by atoms with E-state index in [9.17, 15) is 13.6 Å². The number of nitrogens with zero attached hydrogens (tertiary/aromatic N) is 1. The summed E-state index contributed by atoms with van der Waals surface area (Å²) >= 11 is 0. The minimum Gasteiger partial charge on any atom is -0.347 e. The maximum absolute atomic E-state index is 13.4. The lowest BCUT2D eigenvalue weighted by atomic mass is 9.99. The molecule has 1 spiro atoms. The van der Waals surface area contributed by atoms with E-state index in [0.29, 0.717) is 18.8 Å². The lowest BCUT2D eigenvalue weighted by Crippen LogP contribution is -2.44. The number of piperidine rings is 1. The van der Waals surface area contributed by atoms with Gasteiger partial charge in [0.05, 0.1) is 13.2 Å². The number of carbonyl (C=O) groups excluding carboxylic acids is 1. The SMILES string of the molecule is O=C(c1cccc(CN2CCC3(CC2)OCCO3)c1)c1ccc(F)c(F)c1. The maximum atomic E-state index is 13.4. The zero-order valence-electron chi connectivity index (χ0n) is 14.9. The highest BCUT2D eigenvalue weighted by Gasteiger charge is 2.39. The van der Waals surface area contributed by atoms with Crippen LogP contribution in [0.3, 0.4) is 0 Å². The fourth-order valence-corrected chi connectivity index (χ4v) is 3.71. The summed E-state index contributed by atoms with van der Waals surface area (Å²) in [5.41, 5.74) is 1.61. The predicted octanol–water partition coefficient (Wildman–Crippen LogP) is 3.53. The Labute approximate surface area is 156 Å². The summed E-state index contributed by atoms with van der Waals surface area (Å²) in [6.07, 6.45) is 1.67. The lowest BCUT2D eigenvalue weighted by molar-refractivity contribution is -0.185. The first-order valence-corrected chi connectivity index (χ1v) is 9.14. The van der Waals surface area contributed by atoms with Crippen LogP contribution in [-0.4, -0.2) is 42.8 Å². The summed E-state index contributed by atoms with van der Waals surface area (Å²) in [7, 11) is 0. The van der Waals surface area contributed by atoms with Gasteiger partial charge >= 0.3 is 0 Å². The molecule has 6 heteroatoms. The second-order valence-corrected chi connectivity index (χ2v) is 7.04. The van der Waals surface area contributed by atoms with Gasteiger partial charge in [-0.2, -0.15) is 0 Å². The van der Waals surface area contributed by atoms with Gasteiger partial charge in [-0.1, -0.05) is 18.2 Å². The molecule has 2 fully saturated rings. The number of likely N-dealkylation sites (tertiary alicyclic amines) is 1. The molecule has 0 saturated carbocycles. The van der Waals surface area contributed by atoms with Crippen LogP contribution in [0.5, 0.6) is 0 Å². The second-order valence-electron chi connectivity index (χ2n) is 7.04. The minimum absolute atomic E-state index is 0.140. The Morgan fingerprint density at radius 2 is 1.67 bits per heavy atom. The van der Waals surface area contributed by atoms with E-state index in [0.717, 1.165) is 50.2 Å². The highest BCUT2D eigenvalue weighted by atomic mass is 19.2. The fraction of sp³-hybridized carbons (Fsp3) is 0.381. The Morgan fingerprint density at radius 3 is 2.37 bits per heavy atom. The summed E-state index contributed by atoms with van der Waals surface area (Å²) in [6.45, 7) is 3.76. The molecule has 0 radical (unpaired) electrons. The van der Waals surface area contributed by atoms with Gasteiger partial charge in [-0.15, -0.1) is 0 Å². The van der Waals surface area contributed by atoms with Gasteiger partial charge in [0.25, 0.3) is 0 Å². The van der Waals surface area contributed by atoms with Gasteiger partial charge in [0.1, 0.15) is 0 Å². The van der Waals surface area contributed by atoms with Gasteiger partial charge in [-0.3, -0.25) is 9.69 Å². The largest absolute Gasteiger partial charge is 0.347 e. The molecule has 4 rings (SSSR count). The van der Waals surface area contributed by atoms with Crippen molar-refractivity contribution in [3.8, 4) is 0 Å². The van der Waals surface area contributed by atoms with Crippen LogP contribution in [0.1, 0.15) is 34.3 Å². The van der Waals surface area contributed by atoms with E-state index in [-0.39, 0.29) is 11.3 Å². The number of hydrogen-bond acceptors (Lipinski definition) is 4. The minimum atomic E-state index is -1.02. The number of benzene rings is 2. The molecule has 0 atom stereocenters. The second kappa shape index (κ2) is 7.46. The van der Waals surface area contributed by atoms with Crippen molar-refractivity contribution in [1.82, 2.24) is 4.90 Å². The number of rotatable bonds is 4. The van der Waals surface area contributed by atoms with Crippen LogP contribution in [0.25, 0.3) is 0 Å². The number of hydrogen-bond donors (Lipinski definition) is 0. The van der Waals surface area contributed by atoms with E-state index in [1.165, 1.54) is 6.07 Å². The third-order valence-corrected chi connectivity index (χ3v) is 5.21. The van der Waals surface area contributed by atoms with E-state index in [1.807, 2.05) is 18.2 Å². The summed E-state index contributed by atoms with van der Waals surface area (Å²) < 4.78 is 38.0. The third kappa shape index (κ3) is 3.93. The van der Waals surface area contributed by atoms with Gasteiger partial charge in [0, 0.05) is 43.6 Å². The van der Waals surface area contributed by atoms with Crippen LogP contribution in [0.2, 0.25) is 0 Å². The molecule has 0 bridgehead atoms. The van der Waals surface area contributed by atoms with Gasteiger partial charge in [-0.05, 0) is 29.8 Å². The van der Waals surface area contributed by atoms with Gasteiger partial charge in [-0.25, -0.2) is 8.78 Å². The van der Waals surface area contributed by atoms with Crippen molar-refractivity contribution in [3.63, 3.8) is 0 Å². The molecule has 0 aromatic heterocycles. The zero-order chi connectivity index (χ0) is 18.9. The van der Waals surface area contributed by atoms with Crippen molar-refractivity contribution < 1.29 is 23.0 Å². The zero-order valence-corrected chi connectivity index (χ0v) is 14.9. The molecule has 27 heavy (non-hydrogen) atoms. The monoisotopic (exact) mass is 373 g/mol. The van der Waals surface area contributed by atoms with Gasteiger partial charge in [0.2, 0.25) is 0 Å². The summed E-state index contributed by atoms with van der Waals surface area (Å²) in [5, 5.41) is 0. The van der Waals surface area contributed by atoms with Crippen LogP contribution in [0, 0.1) is 11.6 Å². The van der Waals surface area contributed by atoms with Crippen LogP contribution in [-0.2, 0) is 16.0 Å². The van der Waals surface area contributed by atoms with Crippen LogP contribution >= 0.6 is 0 Å². The first-order chi connectivity index (χ1) is 13.0. The molecule has 0 unspecified atom stereocenters. The number of halogens is 2. The van der Waals surface area contributed by atoms with Crippen molar-refractivity contribution in [2.45, 2.75) is 25.2 Å².